The Morgan fingerprint density at radius 2 is 1.61 bits per heavy atom. The fourth-order valence-electron chi connectivity index (χ4n) is 1.95. The lowest BCUT2D eigenvalue weighted by Crippen LogP contribution is -2.41. The zero-order valence-electron chi connectivity index (χ0n) is 13.0. The molecule has 0 bridgehead atoms. The molecule has 6 heteroatoms. The first-order valence-corrected chi connectivity index (χ1v) is 7.12. The van der Waals surface area contributed by atoms with Crippen molar-refractivity contribution in [3.05, 3.63) is 59.7 Å². The van der Waals surface area contributed by atoms with Crippen LogP contribution in [0.5, 0.6) is 11.5 Å². The number of nitrogens with one attached hydrogen (secondary N) is 2. The maximum absolute atomic E-state index is 12.1. The molecule has 120 valence electrons. The van der Waals surface area contributed by atoms with Gasteiger partial charge in [-0.15, -0.1) is 0 Å². The van der Waals surface area contributed by atoms with E-state index in [9.17, 15) is 9.59 Å². The van der Waals surface area contributed by atoms with E-state index in [4.69, 9.17) is 9.47 Å². The molecule has 0 atom stereocenters. The van der Waals surface area contributed by atoms with E-state index in [1.54, 1.807) is 48.5 Å². The van der Waals surface area contributed by atoms with E-state index in [1.807, 2.05) is 6.92 Å². The van der Waals surface area contributed by atoms with Gasteiger partial charge >= 0.3 is 0 Å². The first kappa shape index (κ1) is 16.4. The van der Waals surface area contributed by atoms with E-state index in [2.05, 4.69) is 10.9 Å². The van der Waals surface area contributed by atoms with Gasteiger partial charge in [0, 0.05) is 5.56 Å². The Hall–Kier alpha value is -3.02. The number of rotatable bonds is 5. The highest BCUT2D eigenvalue weighted by Crippen LogP contribution is 2.16. The summed E-state index contributed by atoms with van der Waals surface area (Å²) in [5, 5.41) is 0. The Bertz CT molecular complexity index is 683. The molecule has 6 nitrogen and oxygen atoms in total. The summed E-state index contributed by atoms with van der Waals surface area (Å²) >= 11 is 0. The van der Waals surface area contributed by atoms with Crippen LogP contribution in [-0.4, -0.2) is 25.5 Å². The lowest BCUT2D eigenvalue weighted by molar-refractivity contribution is 0.0845. The molecule has 2 aromatic carbocycles. The number of ether oxygens (including phenoxy) is 2. The maximum atomic E-state index is 12.1. The summed E-state index contributed by atoms with van der Waals surface area (Å²) in [5.74, 6) is 0.237. The molecule has 0 aliphatic heterocycles. The Morgan fingerprint density at radius 3 is 2.26 bits per heavy atom. The van der Waals surface area contributed by atoms with Crippen LogP contribution >= 0.6 is 0 Å². The third-order valence-corrected chi connectivity index (χ3v) is 3.07. The standard InChI is InChI=1S/C17H18N2O4/c1-3-23-13-10-8-12(9-11-13)16(20)18-19-17(21)14-6-4-5-7-15(14)22-2/h4-11H,3H2,1-2H3,(H,18,20)(H,19,21). The Kier molecular flexibility index (Phi) is 5.57. The third-order valence-electron chi connectivity index (χ3n) is 3.07. The largest absolute Gasteiger partial charge is 0.496 e. The fourth-order valence-corrected chi connectivity index (χ4v) is 1.95. The Balaban J connectivity index is 1.97. The quantitative estimate of drug-likeness (QED) is 0.829. The van der Waals surface area contributed by atoms with Gasteiger partial charge in [0.05, 0.1) is 19.3 Å². The Morgan fingerprint density at radius 1 is 0.957 bits per heavy atom. The predicted molar refractivity (Wildman–Crippen MR) is 85.5 cm³/mol. The summed E-state index contributed by atoms with van der Waals surface area (Å²) < 4.78 is 10.4. The van der Waals surface area contributed by atoms with Gasteiger partial charge in [-0.3, -0.25) is 20.4 Å². The summed E-state index contributed by atoms with van der Waals surface area (Å²) in [5.41, 5.74) is 5.47. The van der Waals surface area contributed by atoms with Crippen molar-refractivity contribution >= 4 is 11.8 Å². The predicted octanol–water partition coefficient (Wildman–Crippen LogP) is 2.17. The SMILES string of the molecule is CCOc1ccc(C(=O)NNC(=O)c2ccccc2OC)cc1. The number of carbonyl (C=O) groups excluding carboxylic acids is 2. The van der Waals surface area contributed by atoms with Crippen LogP contribution in [0.4, 0.5) is 0 Å². The van der Waals surface area contributed by atoms with E-state index in [0.29, 0.717) is 29.2 Å². The van der Waals surface area contributed by atoms with Crippen LogP contribution in [0.3, 0.4) is 0 Å². The summed E-state index contributed by atoms with van der Waals surface area (Å²) in [4.78, 5) is 24.1. The van der Waals surface area contributed by atoms with Gasteiger partial charge in [0.2, 0.25) is 0 Å². The van der Waals surface area contributed by atoms with Crippen molar-refractivity contribution in [2.75, 3.05) is 13.7 Å². The molecule has 0 aliphatic rings. The van der Waals surface area contributed by atoms with E-state index in [1.165, 1.54) is 7.11 Å². The van der Waals surface area contributed by atoms with Crippen LogP contribution < -0.4 is 20.3 Å². The molecule has 0 saturated carbocycles. The second-order valence-corrected chi connectivity index (χ2v) is 4.57. The molecule has 2 amide bonds. The highest BCUT2D eigenvalue weighted by Gasteiger charge is 2.13. The lowest BCUT2D eigenvalue weighted by Gasteiger charge is -2.10. The molecule has 2 N–H and O–H groups in total. The third kappa shape index (κ3) is 4.23. The minimum atomic E-state index is -0.457. The fraction of sp³-hybridized carbons (Fsp3) is 0.176. The minimum absolute atomic E-state index is 0.335. The van der Waals surface area contributed by atoms with E-state index in [-0.39, 0.29) is 0 Å². The number of benzene rings is 2. The molecular formula is C17H18N2O4. The maximum Gasteiger partial charge on any atom is 0.273 e. The van der Waals surface area contributed by atoms with Gasteiger partial charge in [0.25, 0.3) is 11.8 Å². The van der Waals surface area contributed by atoms with Crippen molar-refractivity contribution in [1.29, 1.82) is 0 Å². The lowest BCUT2D eigenvalue weighted by atomic mass is 10.2. The van der Waals surface area contributed by atoms with Gasteiger partial charge in [0.1, 0.15) is 11.5 Å². The van der Waals surface area contributed by atoms with E-state index in [0.717, 1.165) is 0 Å². The average molecular weight is 314 g/mol. The van der Waals surface area contributed by atoms with Crippen molar-refractivity contribution in [1.82, 2.24) is 10.9 Å². The molecule has 0 fully saturated rings. The van der Waals surface area contributed by atoms with Crippen molar-refractivity contribution < 1.29 is 19.1 Å². The minimum Gasteiger partial charge on any atom is -0.496 e. The molecule has 0 unspecified atom stereocenters. The van der Waals surface area contributed by atoms with Crippen LogP contribution in [0.15, 0.2) is 48.5 Å². The first-order valence-electron chi connectivity index (χ1n) is 7.12. The molecule has 0 radical (unpaired) electrons. The van der Waals surface area contributed by atoms with Crippen LogP contribution in [0.1, 0.15) is 27.6 Å². The van der Waals surface area contributed by atoms with Crippen LogP contribution in [-0.2, 0) is 0 Å². The summed E-state index contributed by atoms with van der Waals surface area (Å²) in [7, 11) is 1.48. The number of hydrogen-bond acceptors (Lipinski definition) is 4. The Labute approximate surface area is 134 Å². The van der Waals surface area contributed by atoms with Crippen molar-refractivity contribution in [3.8, 4) is 11.5 Å². The normalized spacial score (nSPS) is 9.83. The summed E-state index contributed by atoms with van der Waals surface area (Å²) in [6.07, 6.45) is 0. The van der Waals surface area contributed by atoms with Gasteiger partial charge in [-0.05, 0) is 43.3 Å². The molecule has 0 aromatic heterocycles. The highest BCUT2D eigenvalue weighted by molar-refractivity contribution is 6.00. The molecule has 23 heavy (non-hydrogen) atoms. The summed E-state index contributed by atoms with van der Waals surface area (Å²) in [6, 6.07) is 13.4. The van der Waals surface area contributed by atoms with E-state index >= 15 is 0 Å². The van der Waals surface area contributed by atoms with Gasteiger partial charge in [0.15, 0.2) is 0 Å². The van der Waals surface area contributed by atoms with Gasteiger partial charge in [-0.1, -0.05) is 12.1 Å². The topological polar surface area (TPSA) is 76.7 Å². The smallest absolute Gasteiger partial charge is 0.273 e. The molecule has 0 aliphatic carbocycles. The number of hydrazine groups is 1. The summed E-state index contributed by atoms with van der Waals surface area (Å²) in [6.45, 7) is 2.44. The number of amides is 2. The van der Waals surface area contributed by atoms with Crippen LogP contribution in [0.25, 0.3) is 0 Å². The number of methoxy groups -OCH3 is 1. The molecule has 2 rings (SSSR count). The van der Waals surface area contributed by atoms with Crippen LogP contribution in [0.2, 0.25) is 0 Å². The van der Waals surface area contributed by atoms with Crippen molar-refractivity contribution in [3.63, 3.8) is 0 Å². The molecule has 0 saturated heterocycles. The first-order chi connectivity index (χ1) is 11.2. The second-order valence-electron chi connectivity index (χ2n) is 4.57. The van der Waals surface area contributed by atoms with Crippen molar-refractivity contribution in [2.45, 2.75) is 6.92 Å². The van der Waals surface area contributed by atoms with Gasteiger partial charge in [-0.2, -0.15) is 0 Å². The zero-order valence-corrected chi connectivity index (χ0v) is 13.0. The number of para-hydroxylation sites is 1. The second kappa shape index (κ2) is 7.84. The average Bonchev–Trinajstić information content (AvgIpc) is 2.60. The van der Waals surface area contributed by atoms with Crippen LogP contribution in [0, 0.1) is 0 Å². The molecule has 0 heterocycles. The number of hydrogen-bond donors (Lipinski definition) is 2. The monoisotopic (exact) mass is 314 g/mol. The molecule has 2 aromatic rings. The van der Waals surface area contributed by atoms with E-state index < -0.39 is 11.8 Å². The van der Waals surface area contributed by atoms with Gasteiger partial charge in [-0.25, -0.2) is 0 Å². The number of carbonyl (C=O) groups is 2. The van der Waals surface area contributed by atoms with Gasteiger partial charge < -0.3 is 9.47 Å². The zero-order chi connectivity index (χ0) is 16.7. The molecule has 0 spiro atoms. The van der Waals surface area contributed by atoms with Crippen molar-refractivity contribution in [2.24, 2.45) is 0 Å². The molecular weight excluding hydrogens is 296 g/mol. The highest BCUT2D eigenvalue weighted by atomic mass is 16.5.